The van der Waals surface area contributed by atoms with Gasteiger partial charge < -0.3 is 10.4 Å². The minimum absolute atomic E-state index is 0.0854. The van der Waals surface area contributed by atoms with Crippen molar-refractivity contribution in [3.05, 3.63) is 33.9 Å². The van der Waals surface area contributed by atoms with Crippen molar-refractivity contribution < 1.29 is 10.0 Å². The molecule has 5 nitrogen and oxygen atoms in total. The highest BCUT2D eigenvalue weighted by atomic mass is 32.2. The average molecular weight is 256 g/mol. The lowest BCUT2D eigenvalue weighted by Gasteiger charge is -2.11. The topological polar surface area (TPSA) is 75.4 Å². The van der Waals surface area contributed by atoms with Crippen molar-refractivity contribution in [3.8, 4) is 0 Å². The van der Waals surface area contributed by atoms with Gasteiger partial charge in [0.25, 0.3) is 5.69 Å². The zero-order valence-electron chi connectivity index (χ0n) is 9.84. The summed E-state index contributed by atoms with van der Waals surface area (Å²) in [5.41, 5.74) is 1.52. The van der Waals surface area contributed by atoms with Crippen LogP contribution in [0.15, 0.2) is 18.2 Å². The van der Waals surface area contributed by atoms with Gasteiger partial charge >= 0.3 is 0 Å². The van der Waals surface area contributed by atoms with Crippen molar-refractivity contribution in [2.24, 2.45) is 0 Å². The summed E-state index contributed by atoms with van der Waals surface area (Å²) < 4.78 is 0. The summed E-state index contributed by atoms with van der Waals surface area (Å²) in [5.74, 6) is 0.638. The Morgan fingerprint density at radius 2 is 2.29 bits per heavy atom. The van der Waals surface area contributed by atoms with Gasteiger partial charge in [-0.05, 0) is 5.56 Å². The van der Waals surface area contributed by atoms with Gasteiger partial charge in [-0.3, -0.25) is 10.1 Å². The molecule has 0 heterocycles. The molecular weight excluding hydrogens is 240 g/mol. The zero-order chi connectivity index (χ0) is 12.8. The number of benzene rings is 1. The number of nitro groups is 1. The van der Waals surface area contributed by atoms with Crippen LogP contribution < -0.4 is 5.32 Å². The van der Waals surface area contributed by atoms with Crippen LogP contribution in [0.3, 0.4) is 0 Å². The SMILES string of the molecule is CNc1c(CSC(C)CO)cccc1[N+](=O)[O-]. The molecule has 0 aliphatic heterocycles. The maximum atomic E-state index is 10.8. The highest BCUT2D eigenvalue weighted by Crippen LogP contribution is 2.31. The Morgan fingerprint density at radius 3 is 2.82 bits per heavy atom. The molecule has 1 atom stereocenters. The molecule has 0 saturated carbocycles. The number of nitro benzene ring substituents is 1. The average Bonchev–Trinajstić information content (AvgIpc) is 2.34. The molecule has 1 aromatic rings. The third-order valence-corrected chi connectivity index (χ3v) is 3.55. The van der Waals surface area contributed by atoms with Crippen LogP contribution >= 0.6 is 11.8 Å². The molecular formula is C11H16N2O3S. The molecule has 0 amide bonds. The van der Waals surface area contributed by atoms with E-state index in [-0.39, 0.29) is 17.5 Å². The molecule has 1 unspecified atom stereocenters. The van der Waals surface area contributed by atoms with Crippen LogP contribution in [0.25, 0.3) is 0 Å². The lowest BCUT2D eigenvalue weighted by molar-refractivity contribution is -0.384. The van der Waals surface area contributed by atoms with Crippen LogP contribution in [-0.2, 0) is 5.75 Å². The number of hydrogen-bond donors (Lipinski definition) is 2. The molecule has 0 saturated heterocycles. The predicted molar refractivity (Wildman–Crippen MR) is 70.5 cm³/mol. The summed E-state index contributed by atoms with van der Waals surface area (Å²) in [7, 11) is 1.67. The number of anilines is 1. The smallest absolute Gasteiger partial charge is 0.292 e. The van der Waals surface area contributed by atoms with Crippen molar-refractivity contribution in [2.45, 2.75) is 17.9 Å². The maximum absolute atomic E-state index is 10.8. The van der Waals surface area contributed by atoms with Gasteiger partial charge in [0.2, 0.25) is 0 Å². The largest absolute Gasteiger partial charge is 0.395 e. The molecule has 94 valence electrons. The number of thioether (sulfide) groups is 1. The van der Waals surface area contributed by atoms with E-state index in [1.165, 1.54) is 6.07 Å². The summed E-state index contributed by atoms with van der Waals surface area (Å²) in [5, 5.41) is 22.8. The van der Waals surface area contributed by atoms with E-state index in [1.54, 1.807) is 24.9 Å². The fourth-order valence-electron chi connectivity index (χ4n) is 1.43. The fraction of sp³-hybridized carbons (Fsp3) is 0.455. The first-order chi connectivity index (χ1) is 8.10. The first kappa shape index (κ1) is 13.8. The number of aliphatic hydroxyl groups is 1. The van der Waals surface area contributed by atoms with Crippen LogP contribution in [0.5, 0.6) is 0 Å². The van der Waals surface area contributed by atoms with Gasteiger partial charge in [0.1, 0.15) is 5.69 Å². The monoisotopic (exact) mass is 256 g/mol. The number of nitrogens with one attached hydrogen (secondary N) is 1. The minimum Gasteiger partial charge on any atom is -0.395 e. The second kappa shape index (κ2) is 6.46. The fourth-order valence-corrected chi connectivity index (χ4v) is 2.24. The molecule has 0 fully saturated rings. The van der Waals surface area contributed by atoms with Gasteiger partial charge in [0.15, 0.2) is 0 Å². The number of hydrogen-bond acceptors (Lipinski definition) is 5. The molecule has 0 bridgehead atoms. The predicted octanol–water partition coefficient (Wildman–Crippen LogP) is 2.25. The van der Waals surface area contributed by atoms with E-state index in [2.05, 4.69) is 5.32 Å². The van der Waals surface area contributed by atoms with Crippen LogP contribution in [0.1, 0.15) is 12.5 Å². The highest BCUT2D eigenvalue weighted by molar-refractivity contribution is 7.99. The number of nitrogens with zero attached hydrogens (tertiary/aromatic N) is 1. The number of para-hydroxylation sites is 1. The Balaban J connectivity index is 2.91. The molecule has 17 heavy (non-hydrogen) atoms. The van der Waals surface area contributed by atoms with Crippen LogP contribution in [-0.4, -0.2) is 28.9 Å². The Morgan fingerprint density at radius 1 is 1.59 bits per heavy atom. The van der Waals surface area contributed by atoms with E-state index < -0.39 is 4.92 Å². The van der Waals surface area contributed by atoms with Crippen LogP contribution in [0.2, 0.25) is 0 Å². The van der Waals surface area contributed by atoms with Crippen LogP contribution in [0, 0.1) is 10.1 Å². The maximum Gasteiger partial charge on any atom is 0.292 e. The molecule has 6 heteroatoms. The van der Waals surface area contributed by atoms with Crippen molar-refractivity contribution in [3.63, 3.8) is 0 Å². The summed E-state index contributed by atoms with van der Waals surface area (Å²) in [6.07, 6.45) is 0. The zero-order valence-corrected chi connectivity index (χ0v) is 10.7. The Labute approximate surface area is 104 Å². The second-order valence-corrected chi connectivity index (χ2v) is 5.05. The second-order valence-electron chi connectivity index (χ2n) is 3.62. The van der Waals surface area contributed by atoms with E-state index in [4.69, 9.17) is 5.11 Å². The molecule has 0 aromatic heterocycles. The van der Waals surface area contributed by atoms with Gasteiger partial charge in [0, 0.05) is 24.1 Å². The summed E-state index contributed by atoms with van der Waals surface area (Å²) in [6.45, 7) is 2.02. The van der Waals surface area contributed by atoms with Crippen molar-refractivity contribution in [1.82, 2.24) is 0 Å². The van der Waals surface area contributed by atoms with Crippen molar-refractivity contribution in [2.75, 3.05) is 19.0 Å². The molecule has 1 rings (SSSR count). The number of aliphatic hydroxyl groups excluding tert-OH is 1. The third-order valence-electron chi connectivity index (χ3n) is 2.36. The standard InChI is InChI=1S/C11H16N2O3S/c1-8(6-14)17-7-9-4-3-5-10(13(15)16)11(9)12-2/h3-5,8,12,14H,6-7H2,1-2H3. The summed E-state index contributed by atoms with van der Waals surface area (Å²) in [6, 6.07) is 5.02. The van der Waals surface area contributed by atoms with Gasteiger partial charge in [-0.15, -0.1) is 0 Å². The molecule has 0 radical (unpaired) electrons. The highest BCUT2D eigenvalue weighted by Gasteiger charge is 2.16. The lowest BCUT2D eigenvalue weighted by atomic mass is 10.1. The van der Waals surface area contributed by atoms with E-state index in [9.17, 15) is 10.1 Å². The van der Waals surface area contributed by atoms with Crippen molar-refractivity contribution in [1.29, 1.82) is 0 Å². The first-order valence-electron chi connectivity index (χ1n) is 5.26. The van der Waals surface area contributed by atoms with Gasteiger partial charge in [-0.25, -0.2) is 0 Å². The Hall–Kier alpha value is -1.27. The Kier molecular flexibility index (Phi) is 5.24. The lowest BCUT2D eigenvalue weighted by Crippen LogP contribution is -2.04. The van der Waals surface area contributed by atoms with E-state index in [0.29, 0.717) is 11.4 Å². The molecule has 0 spiro atoms. The normalized spacial score (nSPS) is 12.2. The van der Waals surface area contributed by atoms with Crippen LogP contribution in [0.4, 0.5) is 11.4 Å². The summed E-state index contributed by atoms with van der Waals surface area (Å²) >= 11 is 1.57. The number of rotatable bonds is 6. The third kappa shape index (κ3) is 3.61. The van der Waals surface area contributed by atoms with Gasteiger partial charge in [-0.1, -0.05) is 19.1 Å². The van der Waals surface area contributed by atoms with Gasteiger partial charge in [-0.2, -0.15) is 11.8 Å². The van der Waals surface area contributed by atoms with E-state index in [1.807, 2.05) is 13.0 Å². The van der Waals surface area contributed by atoms with Gasteiger partial charge in [0.05, 0.1) is 11.5 Å². The first-order valence-corrected chi connectivity index (χ1v) is 6.31. The molecule has 0 aliphatic carbocycles. The van der Waals surface area contributed by atoms with E-state index in [0.717, 1.165) is 5.56 Å². The Bertz CT molecular complexity index is 398. The minimum atomic E-state index is -0.393. The molecule has 1 aromatic carbocycles. The molecule has 0 aliphatic rings. The van der Waals surface area contributed by atoms with Crippen molar-refractivity contribution >= 4 is 23.1 Å². The quantitative estimate of drug-likeness (QED) is 0.603. The summed E-state index contributed by atoms with van der Waals surface area (Å²) in [4.78, 5) is 10.5. The molecule has 2 N–H and O–H groups in total. The van der Waals surface area contributed by atoms with E-state index >= 15 is 0 Å².